The minimum Gasteiger partial charge on any atom is -0.381 e. The molecule has 5 heteroatoms. The van der Waals surface area contributed by atoms with Crippen LogP contribution in [0.2, 0.25) is 0 Å². The molecule has 1 aliphatic rings. The maximum absolute atomic E-state index is 13.0. The largest absolute Gasteiger partial charge is 0.381 e. The summed E-state index contributed by atoms with van der Waals surface area (Å²) in [6, 6.07) is 4.40. The lowest BCUT2D eigenvalue weighted by atomic mass is 10.1. The van der Waals surface area contributed by atoms with Gasteiger partial charge in [0.05, 0.1) is 4.47 Å². The second-order valence-corrected chi connectivity index (χ2v) is 4.84. The lowest BCUT2D eigenvalue weighted by molar-refractivity contribution is 0.0696. The molecule has 0 aliphatic carbocycles. The van der Waals surface area contributed by atoms with Gasteiger partial charge in [0.1, 0.15) is 5.82 Å². The third-order valence-electron chi connectivity index (χ3n) is 2.74. The number of halogens is 2. The van der Waals surface area contributed by atoms with Gasteiger partial charge in [0, 0.05) is 24.8 Å². The molecule has 1 N–H and O–H groups in total. The number of benzene rings is 1. The second-order valence-electron chi connectivity index (χ2n) is 3.99. The van der Waals surface area contributed by atoms with E-state index < -0.39 is 0 Å². The molecule has 1 aromatic carbocycles. The molecular formula is C12H13BrFNO2. The molecule has 92 valence electrons. The van der Waals surface area contributed by atoms with Gasteiger partial charge in [-0.2, -0.15) is 0 Å². The molecule has 0 bridgehead atoms. The van der Waals surface area contributed by atoms with Crippen LogP contribution in [0.5, 0.6) is 0 Å². The second kappa shape index (κ2) is 5.60. The van der Waals surface area contributed by atoms with Gasteiger partial charge < -0.3 is 10.1 Å². The number of carbonyl (C=O) groups is 1. The summed E-state index contributed by atoms with van der Waals surface area (Å²) in [5.74, 6) is -0.537. The Kier molecular flexibility index (Phi) is 4.12. The molecule has 1 aromatic rings. The van der Waals surface area contributed by atoms with Crippen LogP contribution in [-0.4, -0.2) is 25.2 Å². The van der Waals surface area contributed by atoms with Gasteiger partial charge in [0.15, 0.2) is 0 Å². The molecule has 0 radical (unpaired) electrons. The Morgan fingerprint density at radius 2 is 2.12 bits per heavy atom. The van der Waals surface area contributed by atoms with E-state index in [4.69, 9.17) is 4.74 Å². The van der Waals surface area contributed by atoms with Crippen molar-refractivity contribution in [3.8, 4) is 0 Å². The van der Waals surface area contributed by atoms with Crippen LogP contribution in [0.4, 0.5) is 4.39 Å². The molecular weight excluding hydrogens is 289 g/mol. The van der Waals surface area contributed by atoms with Gasteiger partial charge in [-0.1, -0.05) is 0 Å². The van der Waals surface area contributed by atoms with E-state index in [2.05, 4.69) is 21.2 Å². The quantitative estimate of drug-likeness (QED) is 0.911. The minimum absolute atomic E-state index is 0.153. The number of amides is 1. The molecule has 0 atom stereocenters. The third-order valence-corrected chi connectivity index (χ3v) is 3.35. The van der Waals surface area contributed by atoms with Crippen molar-refractivity contribution in [2.75, 3.05) is 13.2 Å². The predicted octanol–water partition coefficient (Wildman–Crippen LogP) is 2.50. The zero-order chi connectivity index (χ0) is 12.3. The highest BCUT2D eigenvalue weighted by molar-refractivity contribution is 9.10. The van der Waals surface area contributed by atoms with Gasteiger partial charge in [-0.15, -0.1) is 0 Å². The number of nitrogens with one attached hydrogen (secondary N) is 1. The van der Waals surface area contributed by atoms with Crippen LogP contribution < -0.4 is 5.32 Å². The zero-order valence-corrected chi connectivity index (χ0v) is 10.8. The summed E-state index contributed by atoms with van der Waals surface area (Å²) in [6.45, 7) is 1.36. The number of carbonyl (C=O) groups excluding carboxylic acids is 1. The third kappa shape index (κ3) is 3.26. The molecule has 1 amide bonds. The first kappa shape index (κ1) is 12.5. The van der Waals surface area contributed by atoms with Crippen LogP contribution in [0.3, 0.4) is 0 Å². The highest BCUT2D eigenvalue weighted by Gasteiger charge is 2.17. The molecule has 1 heterocycles. The first-order valence-electron chi connectivity index (χ1n) is 5.50. The molecule has 17 heavy (non-hydrogen) atoms. The van der Waals surface area contributed by atoms with Crippen LogP contribution in [0, 0.1) is 5.82 Å². The highest BCUT2D eigenvalue weighted by Crippen LogP contribution is 2.17. The van der Waals surface area contributed by atoms with Crippen molar-refractivity contribution in [1.82, 2.24) is 5.32 Å². The molecule has 0 spiro atoms. The average molecular weight is 302 g/mol. The van der Waals surface area contributed by atoms with Crippen molar-refractivity contribution in [1.29, 1.82) is 0 Å². The molecule has 0 unspecified atom stereocenters. The average Bonchev–Trinajstić information content (AvgIpc) is 2.34. The molecule has 2 rings (SSSR count). The van der Waals surface area contributed by atoms with Crippen molar-refractivity contribution in [3.63, 3.8) is 0 Å². The van der Waals surface area contributed by atoms with Crippen molar-refractivity contribution in [3.05, 3.63) is 34.1 Å². The maximum atomic E-state index is 13.0. The molecule has 1 saturated heterocycles. The molecule has 0 saturated carbocycles. The lowest BCUT2D eigenvalue weighted by Gasteiger charge is -2.23. The summed E-state index contributed by atoms with van der Waals surface area (Å²) >= 11 is 3.06. The predicted molar refractivity (Wildman–Crippen MR) is 65.4 cm³/mol. The monoisotopic (exact) mass is 301 g/mol. The van der Waals surface area contributed by atoms with E-state index in [0.717, 1.165) is 12.8 Å². The Hall–Kier alpha value is -0.940. The molecule has 1 aliphatic heterocycles. The normalized spacial score (nSPS) is 16.8. The van der Waals surface area contributed by atoms with Gasteiger partial charge in [-0.3, -0.25) is 4.79 Å². The molecule has 0 aromatic heterocycles. The van der Waals surface area contributed by atoms with E-state index in [9.17, 15) is 9.18 Å². The smallest absolute Gasteiger partial charge is 0.251 e. The Morgan fingerprint density at radius 1 is 1.41 bits per heavy atom. The summed E-state index contributed by atoms with van der Waals surface area (Å²) in [4.78, 5) is 11.9. The summed E-state index contributed by atoms with van der Waals surface area (Å²) in [7, 11) is 0. The maximum Gasteiger partial charge on any atom is 0.251 e. The van der Waals surface area contributed by atoms with E-state index in [1.807, 2.05) is 0 Å². The van der Waals surface area contributed by atoms with Crippen molar-refractivity contribution < 1.29 is 13.9 Å². The summed E-state index contributed by atoms with van der Waals surface area (Å²) in [5, 5.41) is 2.92. The first-order chi connectivity index (χ1) is 8.16. The number of hydrogen-bond donors (Lipinski definition) is 1. The van der Waals surface area contributed by atoms with Gasteiger partial charge in [0.25, 0.3) is 5.91 Å². The van der Waals surface area contributed by atoms with Gasteiger partial charge >= 0.3 is 0 Å². The van der Waals surface area contributed by atoms with Crippen molar-refractivity contribution in [2.24, 2.45) is 0 Å². The molecule has 1 fully saturated rings. The standard InChI is InChI=1S/C12H13BrFNO2/c13-10-7-8(1-2-11(10)14)12(16)15-9-3-5-17-6-4-9/h1-2,7,9H,3-6H2,(H,15,16). The fraction of sp³-hybridized carbons (Fsp3) is 0.417. The topological polar surface area (TPSA) is 38.3 Å². The summed E-state index contributed by atoms with van der Waals surface area (Å²) < 4.78 is 18.5. The Bertz CT molecular complexity index is 419. The van der Waals surface area contributed by atoms with E-state index in [0.29, 0.717) is 23.2 Å². The van der Waals surface area contributed by atoms with Crippen LogP contribution in [-0.2, 0) is 4.74 Å². The fourth-order valence-corrected chi connectivity index (χ4v) is 2.13. The number of rotatable bonds is 2. The van der Waals surface area contributed by atoms with E-state index >= 15 is 0 Å². The van der Waals surface area contributed by atoms with Gasteiger partial charge in [0.2, 0.25) is 0 Å². The SMILES string of the molecule is O=C(NC1CCOCC1)c1ccc(F)c(Br)c1. The Balaban J connectivity index is 2.01. The highest BCUT2D eigenvalue weighted by atomic mass is 79.9. The van der Waals surface area contributed by atoms with Gasteiger partial charge in [-0.05, 0) is 47.0 Å². The van der Waals surface area contributed by atoms with Gasteiger partial charge in [-0.25, -0.2) is 4.39 Å². The number of ether oxygens (including phenoxy) is 1. The van der Waals surface area contributed by atoms with Crippen LogP contribution in [0.1, 0.15) is 23.2 Å². The van der Waals surface area contributed by atoms with E-state index in [-0.39, 0.29) is 17.8 Å². The van der Waals surface area contributed by atoms with Crippen molar-refractivity contribution in [2.45, 2.75) is 18.9 Å². The van der Waals surface area contributed by atoms with Crippen LogP contribution in [0.25, 0.3) is 0 Å². The Labute approximate surface area is 107 Å². The number of hydrogen-bond acceptors (Lipinski definition) is 2. The van der Waals surface area contributed by atoms with Crippen molar-refractivity contribution >= 4 is 21.8 Å². The van der Waals surface area contributed by atoms with E-state index in [1.165, 1.54) is 18.2 Å². The first-order valence-corrected chi connectivity index (χ1v) is 6.30. The Morgan fingerprint density at radius 3 is 2.76 bits per heavy atom. The van der Waals surface area contributed by atoms with Crippen LogP contribution >= 0.6 is 15.9 Å². The van der Waals surface area contributed by atoms with Crippen LogP contribution in [0.15, 0.2) is 22.7 Å². The zero-order valence-electron chi connectivity index (χ0n) is 9.21. The van der Waals surface area contributed by atoms with E-state index in [1.54, 1.807) is 0 Å². The fourth-order valence-electron chi connectivity index (χ4n) is 1.75. The summed E-state index contributed by atoms with van der Waals surface area (Å²) in [6.07, 6.45) is 1.65. The lowest BCUT2D eigenvalue weighted by Crippen LogP contribution is -2.38. The minimum atomic E-state index is -0.368. The summed E-state index contributed by atoms with van der Waals surface area (Å²) in [5.41, 5.74) is 0.463. The molecule has 3 nitrogen and oxygen atoms in total.